The van der Waals surface area contributed by atoms with Crippen molar-refractivity contribution in [2.75, 3.05) is 0 Å². The predicted octanol–water partition coefficient (Wildman–Crippen LogP) is 4.39. The first kappa shape index (κ1) is 13.7. The van der Waals surface area contributed by atoms with Gasteiger partial charge in [-0.1, -0.05) is 31.3 Å². The van der Waals surface area contributed by atoms with Crippen molar-refractivity contribution in [1.82, 2.24) is 9.97 Å². The summed E-state index contributed by atoms with van der Waals surface area (Å²) in [5.74, 6) is 0. The molecule has 0 spiro atoms. The Bertz CT molecular complexity index is 647. The molecule has 2 rings (SSSR count). The summed E-state index contributed by atoms with van der Waals surface area (Å²) in [6.45, 7) is 1.89. The Labute approximate surface area is 113 Å². The molecule has 0 aliphatic carbocycles. The second-order valence-electron chi connectivity index (χ2n) is 3.99. The molecule has 19 heavy (non-hydrogen) atoms. The van der Waals surface area contributed by atoms with Crippen LogP contribution >= 0.6 is 12.2 Å². The number of aromatic nitrogens is 2. The van der Waals surface area contributed by atoms with Crippen LogP contribution in [0.4, 0.5) is 13.2 Å². The van der Waals surface area contributed by atoms with Gasteiger partial charge in [-0.3, -0.25) is 0 Å². The van der Waals surface area contributed by atoms with Gasteiger partial charge in [-0.05, 0) is 24.1 Å². The largest absolute Gasteiger partial charge is 0.416 e. The van der Waals surface area contributed by atoms with E-state index in [9.17, 15) is 13.2 Å². The molecule has 0 atom stereocenters. The van der Waals surface area contributed by atoms with Crippen LogP contribution in [0.1, 0.15) is 18.1 Å². The maximum absolute atomic E-state index is 12.7. The summed E-state index contributed by atoms with van der Waals surface area (Å²) in [5.41, 5.74) is 1.12. The van der Waals surface area contributed by atoms with Gasteiger partial charge in [0.1, 0.15) is 4.64 Å². The number of hydrogen-bond donors (Lipinski definition) is 1. The lowest BCUT2D eigenvalue weighted by molar-refractivity contribution is -0.137. The van der Waals surface area contributed by atoms with Crippen molar-refractivity contribution in [3.05, 3.63) is 46.4 Å². The summed E-state index contributed by atoms with van der Waals surface area (Å²) in [7, 11) is 0. The minimum atomic E-state index is -4.35. The van der Waals surface area contributed by atoms with Crippen molar-refractivity contribution < 1.29 is 13.2 Å². The van der Waals surface area contributed by atoms with Gasteiger partial charge in [0.15, 0.2) is 0 Å². The van der Waals surface area contributed by atoms with Crippen LogP contribution in [0, 0.1) is 4.64 Å². The molecule has 0 unspecified atom stereocenters. The molecule has 2 aromatic rings. The van der Waals surface area contributed by atoms with Crippen molar-refractivity contribution in [3.63, 3.8) is 0 Å². The van der Waals surface area contributed by atoms with Crippen molar-refractivity contribution in [1.29, 1.82) is 0 Å². The standard InChI is InChI=1S/C13H11F3N2S/c1-2-10-11(17-7-18-12(10)19)8-4-3-5-9(6-8)13(14,15)16/h3-7H,2H2,1H3,(H,17,18,19). The molecule has 1 heterocycles. The molecular formula is C13H11F3N2S. The van der Waals surface area contributed by atoms with E-state index in [1.54, 1.807) is 6.07 Å². The summed E-state index contributed by atoms with van der Waals surface area (Å²) in [5, 5.41) is 0. The molecule has 0 radical (unpaired) electrons. The van der Waals surface area contributed by atoms with E-state index in [0.717, 1.165) is 17.7 Å². The van der Waals surface area contributed by atoms with Crippen LogP contribution in [-0.2, 0) is 12.6 Å². The number of rotatable bonds is 2. The van der Waals surface area contributed by atoms with Crippen LogP contribution < -0.4 is 0 Å². The third-order valence-corrected chi connectivity index (χ3v) is 3.13. The Morgan fingerprint density at radius 3 is 2.68 bits per heavy atom. The molecule has 1 aromatic carbocycles. The van der Waals surface area contributed by atoms with Gasteiger partial charge in [0, 0.05) is 5.56 Å². The summed E-state index contributed by atoms with van der Waals surface area (Å²) >= 11 is 5.09. The molecule has 1 N–H and O–H groups in total. The van der Waals surface area contributed by atoms with E-state index in [0.29, 0.717) is 22.3 Å². The molecule has 0 bridgehead atoms. The summed E-state index contributed by atoms with van der Waals surface area (Å²) in [4.78, 5) is 6.82. The second kappa shape index (κ2) is 5.13. The van der Waals surface area contributed by atoms with Crippen LogP contribution in [0.5, 0.6) is 0 Å². The first-order valence-electron chi connectivity index (χ1n) is 5.67. The van der Waals surface area contributed by atoms with Crippen LogP contribution in [-0.4, -0.2) is 9.97 Å². The minimum absolute atomic E-state index is 0.411. The van der Waals surface area contributed by atoms with E-state index >= 15 is 0 Å². The number of nitrogens with one attached hydrogen (secondary N) is 1. The Balaban J connectivity index is 2.60. The maximum Gasteiger partial charge on any atom is 0.416 e. The van der Waals surface area contributed by atoms with Gasteiger partial charge in [0.05, 0.1) is 17.6 Å². The predicted molar refractivity (Wildman–Crippen MR) is 69.2 cm³/mol. The number of nitrogens with zero attached hydrogens (tertiary/aromatic N) is 1. The van der Waals surface area contributed by atoms with E-state index in [1.165, 1.54) is 12.4 Å². The monoisotopic (exact) mass is 284 g/mol. The highest BCUT2D eigenvalue weighted by atomic mass is 32.1. The maximum atomic E-state index is 12.7. The summed E-state index contributed by atoms with van der Waals surface area (Å²) in [6, 6.07) is 5.16. The van der Waals surface area contributed by atoms with Gasteiger partial charge >= 0.3 is 6.18 Å². The lowest BCUT2D eigenvalue weighted by Crippen LogP contribution is -2.05. The zero-order valence-corrected chi connectivity index (χ0v) is 10.9. The number of benzene rings is 1. The van der Waals surface area contributed by atoms with Crippen molar-refractivity contribution >= 4 is 12.2 Å². The Hall–Kier alpha value is -1.69. The number of alkyl halides is 3. The molecule has 0 saturated heterocycles. The number of H-pyrrole nitrogens is 1. The molecule has 0 aliphatic rings. The molecule has 1 aromatic heterocycles. The quantitative estimate of drug-likeness (QED) is 0.829. The third-order valence-electron chi connectivity index (χ3n) is 2.78. The zero-order valence-electron chi connectivity index (χ0n) is 10.1. The van der Waals surface area contributed by atoms with Gasteiger partial charge in [-0.2, -0.15) is 13.2 Å². The van der Waals surface area contributed by atoms with Crippen LogP contribution in [0.3, 0.4) is 0 Å². The Morgan fingerprint density at radius 2 is 2.05 bits per heavy atom. The first-order chi connectivity index (χ1) is 8.93. The lowest BCUT2D eigenvalue weighted by Gasteiger charge is -2.11. The summed E-state index contributed by atoms with van der Waals surface area (Å²) < 4.78 is 38.5. The Kier molecular flexibility index (Phi) is 3.71. The molecule has 0 saturated carbocycles. The van der Waals surface area contributed by atoms with E-state index < -0.39 is 11.7 Å². The molecule has 100 valence electrons. The third kappa shape index (κ3) is 2.84. The van der Waals surface area contributed by atoms with E-state index in [1.807, 2.05) is 6.92 Å². The Morgan fingerprint density at radius 1 is 1.32 bits per heavy atom. The molecular weight excluding hydrogens is 273 g/mol. The number of hydrogen-bond acceptors (Lipinski definition) is 2. The lowest BCUT2D eigenvalue weighted by atomic mass is 10.0. The second-order valence-corrected chi connectivity index (χ2v) is 4.38. The molecule has 0 fully saturated rings. The molecule has 0 aliphatic heterocycles. The van der Waals surface area contributed by atoms with Gasteiger partial charge in [0.25, 0.3) is 0 Å². The van der Waals surface area contributed by atoms with Crippen LogP contribution in [0.25, 0.3) is 11.3 Å². The van der Waals surface area contributed by atoms with Gasteiger partial charge < -0.3 is 4.98 Å². The average molecular weight is 284 g/mol. The first-order valence-corrected chi connectivity index (χ1v) is 6.08. The van der Waals surface area contributed by atoms with Gasteiger partial charge in [0.2, 0.25) is 0 Å². The fraction of sp³-hybridized carbons (Fsp3) is 0.231. The normalized spacial score (nSPS) is 11.6. The highest BCUT2D eigenvalue weighted by Gasteiger charge is 2.30. The van der Waals surface area contributed by atoms with Crippen molar-refractivity contribution in [2.45, 2.75) is 19.5 Å². The SMILES string of the molecule is CCc1c(-c2cccc(C(F)(F)F)c2)[nH]cnc1=S. The molecule has 2 nitrogen and oxygen atoms in total. The van der Waals surface area contributed by atoms with E-state index in [2.05, 4.69) is 9.97 Å². The highest BCUT2D eigenvalue weighted by Crippen LogP contribution is 2.32. The van der Waals surface area contributed by atoms with Crippen LogP contribution in [0.2, 0.25) is 0 Å². The summed E-state index contributed by atoms with van der Waals surface area (Å²) in [6.07, 6.45) is -2.35. The fourth-order valence-electron chi connectivity index (χ4n) is 1.86. The highest BCUT2D eigenvalue weighted by molar-refractivity contribution is 7.71. The number of aromatic amines is 1. The van der Waals surface area contributed by atoms with Gasteiger partial charge in [-0.25, -0.2) is 4.98 Å². The molecule has 0 amide bonds. The fourth-order valence-corrected chi connectivity index (χ4v) is 2.16. The zero-order chi connectivity index (χ0) is 14.0. The van der Waals surface area contributed by atoms with Crippen molar-refractivity contribution in [2.24, 2.45) is 0 Å². The van der Waals surface area contributed by atoms with E-state index in [4.69, 9.17) is 12.2 Å². The smallest absolute Gasteiger partial charge is 0.346 e. The van der Waals surface area contributed by atoms with Gasteiger partial charge in [-0.15, -0.1) is 0 Å². The minimum Gasteiger partial charge on any atom is -0.346 e. The topological polar surface area (TPSA) is 28.7 Å². The van der Waals surface area contributed by atoms with Crippen LogP contribution in [0.15, 0.2) is 30.6 Å². The number of halogens is 3. The molecule has 6 heteroatoms. The van der Waals surface area contributed by atoms with E-state index in [-0.39, 0.29) is 0 Å². The average Bonchev–Trinajstić information content (AvgIpc) is 2.37. The van der Waals surface area contributed by atoms with Crippen molar-refractivity contribution in [3.8, 4) is 11.3 Å².